The van der Waals surface area contributed by atoms with Crippen LogP contribution in [0.15, 0.2) is 89.4 Å². The molecule has 1 spiro atoms. The molecular formula is C28H19Br. The third-order valence-electron chi connectivity index (χ3n) is 6.43. The van der Waals surface area contributed by atoms with Crippen LogP contribution in [0.1, 0.15) is 38.9 Å². The van der Waals surface area contributed by atoms with Crippen molar-refractivity contribution >= 4 is 28.1 Å². The second-order valence-electron chi connectivity index (χ2n) is 8.00. The summed E-state index contributed by atoms with van der Waals surface area (Å²) in [5, 5.41) is 0. The first-order valence-electron chi connectivity index (χ1n) is 9.98. The summed E-state index contributed by atoms with van der Waals surface area (Å²) in [4.78, 5) is 0. The Hall–Kier alpha value is -2.90. The predicted molar refractivity (Wildman–Crippen MR) is 125 cm³/mol. The molecule has 0 nitrogen and oxygen atoms in total. The van der Waals surface area contributed by atoms with Gasteiger partial charge in [0, 0.05) is 4.47 Å². The summed E-state index contributed by atoms with van der Waals surface area (Å²) in [7, 11) is 0. The van der Waals surface area contributed by atoms with Crippen LogP contribution in [0.25, 0.3) is 23.3 Å². The number of fused-ring (bicyclic) bond motifs is 9. The molecule has 0 aliphatic heterocycles. The summed E-state index contributed by atoms with van der Waals surface area (Å²) in [6.07, 6.45) is 4.55. The molecular weight excluding hydrogens is 416 g/mol. The summed E-state index contributed by atoms with van der Waals surface area (Å²) in [6.45, 7) is 2.19. The normalized spacial score (nSPS) is 14.7. The molecule has 0 heterocycles. The largest absolute Gasteiger partial charge is 0.0725 e. The van der Waals surface area contributed by atoms with Gasteiger partial charge < -0.3 is 0 Å². The average Bonchev–Trinajstić information content (AvgIpc) is 2.96. The molecule has 2 aliphatic carbocycles. The number of aryl methyl sites for hydroxylation is 1. The monoisotopic (exact) mass is 434 g/mol. The molecule has 2 aliphatic rings. The maximum Gasteiger partial charge on any atom is 0.0725 e. The number of hydrogen-bond acceptors (Lipinski definition) is 0. The minimum atomic E-state index is -0.322. The zero-order chi connectivity index (χ0) is 19.6. The second-order valence-corrected chi connectivity index (χ2v) is 8.91. The Morgan fingerprint density at radius 2 is 1.14 bits per heavy atom. The Morgan fingerprint density at radius 3 is 1.79 bits per heavy atom. The van der Waals surface area contributed by atoms with Crippen molar-refractivity contribution in [2.24, 2.45) is 0 Å². The number of halogens is 1. The van der Waals surface area contributed by atoms with E-state index in [1.807, 2.05) is 0 Å². The van der Waals surface area contributed by atoms with Gasteiger partial charge in [0.25, 0.3) is 0 Å². The third kappa shape index (κ3) is 2.20. The molecule has 4 aromatic carbocycles. The van der Waals surface area contributed by atoms with Gasteiger partial charge in [-0.15, -0.1) is 0 Å². The minimum absolute atomic E-state index is 0.322. The van der Waals surface area contributed by atoms with Crippen molar-refractivity contribution in [3.8, 4) is 11.1 Å². The summed E-state index contributed by atoms with van der Waals surface area (Å²) in [5.74, 6) is 0. The van der Waals surface area contributed by atoms with Gasteiger partial charge in [-0.25, -0.2) is 0 Å². The lowest BCUT2D eigenvalue weighted by Gasteiger charge is -2.35. The Balaban J connectivity index is 1.89. The maximum absolute atomic E-state index is 3.76. The fraction of sp³-hybridized carbons (Fsp3) is 0.0714. The third-order valence-corrected chi connectivity index (χ3v) is 6.92. The van der Waals surface area contributed by atoms with Crippen molar-refractivity contribution in [2.45, 2.75) is 12.3 Å². The van der Waals surface area contributed by atoms with Crippen molar-refractivity contribution in [3.05, 3.63) is 128 Å². The van der Waals surface area contributed by atoms with E-state index >= 15 is 0 Å². The Bertz CT molecular complexity index is 1220. The first-order chi connectivity index (χ1) is 14.2. The first-order valence-corrected chi connectivity index (χ1v) is 10.8. The summed E-state index contributed by atoms with van der Waals surface area (Å²) in [6, 6.07) is 31.4. The van der Waals surface area contributed by atoms with Crippen LogP contribution in [0.3, 0.4) is 0 Å². The first kappa shape index (κ1) is 17.0. The molecule has 0 saturated carbocycles. The lowest BCUT2D eigenvalue weighted by molar-refractivity contribution is 0.764. The second kappa shape index (κ2) is 6.05. The van der Waals surface area contributed by atoms with E-state index in [9.17, 15) is 0 Å². The molecule has 0 N–H and O–H groups in total. The van der Waals surface area contributed by atoms with Crippen LogP contribution in [0.4, 0.5) is 0 Å². The van der Waals surface area contributed by atoms with E-state index in [0.29, 0.717) is 0 Å². The summed E-state index contributed by atoms with van der Waals surface area (Å²) < 4.78 is 1.11. The van der Waals surface area contributed by atoms with Crippen LogP contribution in [-0.2, 0) is 5.41 Å². The zero-order valence-corrected chi connectivity index (χ0v) is 17.7. The van der Waals surface area contributed by atoms with Crippen LogP contribution in [0.2, 0.25) is 0 Å². The number of rotatable bonds is 0. The topological polar surface area (TPSA) is 0 Å². The van der Waals surface area contributed by atoms with E-state index in [1.54, 1.807) is 0 Å². The highest BCUT2D eigenvalue weighted by molar-refractivity contribution is 9.10. The van der Waals surface area contributed by atoms with Gasteiger partial charge in [0.05, 0.1) is 5.41 Å². The van der Waals surface area contributed by atoms with Gasteiger partial charge >= 0.3 is 0 Å². The number of benzene rings is 4. The van der Waals surface area contributed by atoms with Crippen LogP contribution in [0.5, 0.6) is 0 Å². The van der Waals surface area contributed by atoms with Gasteiger partial charge in [-0.1, -0.05) is 106 Å². The van der Waals surface area contributed by atoms with Crippen LogP contribution < -0.4 is 0 Å². The minimum Gasteiger partial charge on any atom is -0.0619 e. The molecule has 0 aromatic heterocycles. The lowest BCUT2D eigenvalue weighted by atomic mass is 9.66. The molecule has 1 heteroatoms. The van der Waals surface area contributed by atoms with Crippen molar-refractivity contribution in [2.75, 3.05) is 0 Å². The molecule has 0 atom stereocenters. The predicted octanol–water partition coefficient (Wildman–Crippen LogP) is 7.60. The fourth-order valence-electron chi connectivity index (χ4n) is 5.28. The van der Waals surface area contributed by atoms with Crippen molar-refractivity contribution in [1.82, 2.24) is 0 Å². The van der Waals surface area contributed by atoms with E-state index < -0.39 is 0 Å². The van der Waals surface area contributed by atoms with Crippen LogP contribution in [0, 0.1) is 6.92 Å². The van der Waals surface area contributed by atoms with Crippen molar-refractivity contribution in [3.63, 3.8) is 0 Å². The SMILES string of the molecule is Cc1ccc2c(c1)C1(c3cc(Br)ccc3C=C2)c2ccccc2-c2ccccc21. The van der Waals surface area contributed by atoms with E-state index in [2.05, 4.69) is 120 Å². The van der Waals surface area contributed by atoms with Crippen molar-refractivity contribution in [1.29, 1.82) is 0 Å². The van der Waals surface area contributed by atoms with E-state index in [4.69, 9.17) is 0 Å². The van der Waals surface area contributed by atoms with E-state index in [-0.39, 0.29) is 5.41 Å². The smallest absolute Gasteiger partial charge is 0.0619 e. The molecule has 0 saturated heterocycles. The van der Waals surface area contributed by atoms with E-state index in [0.717, 1.165) is 4.47 Å². The van der Waals surface area contributed by atoms with Crippen LogP contribution in [-0.4, -0.2) is 0 Å². The van der Waals surface area contributed by atoms with Gasteiger partial charge in [-0.2, -0.15) is 0 Å². The van der Waals surface area contributed by atoms with Crippen molar-refractivity contribution < 1.29 is 0 Å². The molecule has 0 radical (unpaired) electrons. The molecule has 4 aromatic rings. The lowest BCUT2D eigenvalue weighted by Crippen LogP contribution is -2.30. The van der Waals surface area contributed by atoms with Gasteiger partial charge in [-0.3, -0.25) is 0 Å². The van der Waals surface area contributed by atoms with Gasteiger partial charge in [0.2, 0.25) is 0 Å². The summed E-state index contributed by atoms with van der Waals surface area (Å²) >= 11 is 3.76. The molecule has 0 unspecified atom stereocenters. The highest BCUT2D eigenvalue weighted by Crippen LogP contribution is 2.58. The Kier molecular flexibility index (Phi) is 3.54. The van der Waals surface area contributed by atoms with E-state index in [1.165, 1.54) is 50.1 Å². The molecule has 138 valence electrons. The van der Waals surface area contributed by atoms with Crippen LogP contribution >= 0.6 is 15.9 Å². The maximum atomic E-state index is 3.76. The average molecular weight is 435 g/mol. The van der Waals surface area contributed by atoms with Gasteiger partial charge in [0.15, 0.2) is 0 Å². The highest BCUT2D eigenvalue weighted by Gasteiger charge is 2.48. The zero-order valence-electron chi connectivity index (χ0n) is 16.1. The molecule has 0 bridgehead atoms. The highest BCUT2D eigenvalue weighted by atomic mass is 79.9. The standard InChI is InChI=1S/C28H19Br/c1-18-10-11-19-12-13-20-14-15-21(29)17-27(20)28(26(19)16-18)24-8-4-2-6-22(24)23-7-3-5-9-25(23)28/h2-17H,1H3. The van der Waals surface area contributed by atoms with Gasteiger partial charge in [0.1, 0.15) is 0 Å². The molecule has 0 fully saturated rings. The van der Waals surface area contributed by atoms with Gasteiger partial charge in [-0.05, 0) is 63.6 Å². The fourth-order valence-corrected chi connectivity index (χ4v) is 5.64. The quantitative estimate of drug-likeness (QED) is 0.230. The molecule has 0 amide bonds. The summed E-state index contributed by atoms with van der Waals surface area (Å²) in [5.41, 5.74) is 11.6. The molecule has 6 rings (SSSR count). The number of hydrogen-bond donors (Lipinski definition) is 0. The Morgan fingerprint density at radius 1 is 0.586 bits per heavy atom. The molecule has 29 heavy (non-hydrogen) atoms. The Labute approximate surface area is 179 Å².